The molecule has 0 spiro atoms. The number of aromatic nitrogens is 2. The molecule has 2 aromatic heterocycles. The molecule has 0 saturated heterocycles. The quantitative estimate of drug-likeness (QED) is 0.718. The highest BCUT2D eigenvalue weighted by molar-refractivity contribution is 5.85. The molecule has 0 radical (unpaired) electrons. The number of aryl methyl sites for hydroxylation is 2. The smallest absolute Gasteiger partial charge is 0.123 e. The van der Waals surface area contributed by atoms with Gasteiger partial charge < -0.3 is 5.73 Å². The lowest BCUT2D eigenvalue weighted by atomic mass is 10.0. The van der Waals surface area contributed by atoms with E-state index in [-0.39, 0.29) is 0 Å². The largest absolute Gasteiger partial charge is 0.384 e. The van der Waals surface area contributed by atoms with Gasteiger partial charge in [-0.05, 0) is 49.2 Å². The molecule has 0 saturated carbocycles. The van der Waals surface area contributed by atoms with E-state index in [9.17, 15) is 0 Å². The van der Waals surface area contributed by atoms with E-state index in [1.54, 1.807) is 0 Å². The van der Waals surface area contributed by atoms with Crippen molar-refractivity contribution in [3.05, 3.63) is 53.9 Å². The summed E-state index contributed by atoms with van der Waals surface area (Å²) in [5, 5.41) is 1.14. The molecule has 0 amide bonds. The van der Waals surface area contributed by atoms with Crippen molar-refractivity contribution in [1.29, 1.82) is 0 Å². The van der Waals surface area contributed by atoms with E-state index >= 15 is 0 Å². The van der Waals surface area contributed by atoms with Gasteiger partial charge in [-0.15, -0.1) is 0 Å². The fourth-order valence-corrected chi connectivity index (χ4v) is 2.27. The average molecular weight is 249 g/mol. The Kier molecular flexibility index (Phi) is 2.67. The summed E-state index contributed by atoms with van der Waals surface area (Å²) in [4.78, 5) is 8.68. The number of hydrogen-bond donors (Lipinski definition) is 1. The molecule has 2 N–H and O–H groups in total. The summed E-state index contributed by atoms with van der Waals surface area (Å²) < 4.78 is 0. The van der Waals surface area contributed by atoms with Crippen molar-refractivity contribution in [2.75, 3.05) is 5.73 Å². The predicted octanol–water partition coefficient (Wildman–Crippen LogP) is 3.50. The summed E-state index contributed by atoms with van der Waals surface area (Å²) in [5.74, 6) is 0.555. The first-order valence-corrected chi connectivity index (χ1v) is 6.23. The Bertz CT molecular complexity index is 763. The summed E-state index contributed by atoms with van der Waals surface area (Å²) in [6.45, 7) is 4.05. The number of nitrogens with zero attached hydrogens (tertiary/aromatic N) is 2. The Balaban J connectivity index is 2.17. The first kappa shape index (κ1) is 11.7. The third-order valence-electron chi connectivity index (χ3n) is 3.27. The summed E-state index contributed by atoms with van der Waals surface area (Å²) in [7, 11) is 0. The standard InChI is InChI=1S/C16H15N3/c1-10-7-16(17)18-9-14(10)12-5-6-15-13(8-12)4-3-11(2)19-15/h3-9H,1-2H3,(H2,17,18). The van der Waals surface area contributed by atoms with Gasteiger partial charge in [-0.3, -0.25) is 4.98 Å². The van der Waals surface area contributed by atoms with Crippen molar-refractivity contribution in [3.63, 3.8) is 0 Å². The highest BCUT2D eigenvalue weighted by Crippen LogP contribution is 2.26. The van der Waals surface area contributed by atoms with Crippen LogP contribution in [0.5, 0.6) is 0 Å². The molecule has 2 heterocycles. The minimum atomic E-state index is 0.555. The van der Waals surface area contributed by atoms with Gasteiger partial charge in [0.15, 0.2) is 0 Å². The highest BCUT2D eigenvalue weighted by Gasteiger charge is 2.05. The minimum Gasteiger partial charge on any atom is -0.384 e. The summed E-state index contributed by atoms with van der Waals surface area (Å²) in [6, 6.07) is 12.3. The Morgan fingerprint density at radius 1 is 1.00 bits per heavy atom. The Morgan fingerprint density at radius 2 is 1.84 bits per heavy atom. The molecular weight excluding hydrogens is 234 g/mol. The third kappa shape index (κ3) is 2.15. The topological polar surface area (TPSA) is 51.8 Å². The number of nitrogens with two attached hydrogens (primary N) is 1. The van der Waals surface area contributed by atoms with E-state index in [0.29, 0.717) is 5.82 Å². The monoisotopic (exact) mass is 249 g/mol. The van der Waals surface area contributed by atoms with E-state index in [1.807, 2.05) is 38.2 Å². The molecule has 19 heavy (non-hydrogen) atoms. The van der Waals surface area contributed by atoms with Gasteiger partial charge in [0.2, 0.25) is 0 Å². The van der Waals surface area contributed by atoms with Crippen LogP contribution in [-0.2, 0) is 0 Å². The van der Waals surface area contributed by atoms with Gasteiger partial charge in [-0.2, -0.15) is 0 Å². The second kappa shape index (κ2) is 4.35. The van der Waals surface area contributed by atoms with Crippen LogP contribution in [0.2, 0.25) is 0 Å². The van der Waals surface area contributed by atoms with Gasteiger partial charge in [0.1, 0.15) is 5.82 Å². The van der Waals surface area contributed by atoms with Gasteiger partial charge in [0, 0.05) is 22.8 Å². The Hall–Kier alpha value is -2.42. The maximum Gasteiger partial charge on any atom is 0.123 e. The maximum absolute atomic E-state index is 5.69. The lowest BCUT2D eigenvalue weighted by Crippen LogP contribution is -1.93. The van der Waals surface area contributed by atoms with E-state index in [4.69, 9.17) is 5.73 Å². The van der Waals surface area contributed by atoms with Crippen molar-refractivity contribution < 1.29 is 0 Å². The molecule has 0 unspecified atom stereocenters. The van der Waals surface area contributed by atoms with Gasteiger partial charge in [-0.1, -0.05) is 12.1 Å². The molecule has 3 aromatic rings. The molecule has 0 aliphatic carbocycles. The fraction of sp³-hybridized carbons (Fsp3) is 0.125. The normalized spacial score (nSPS) is 10.8. The van der Waals surface area contributed by atoms with Crippen molar-refractivity contribution >= 4 is 16.7 Å². The first-order chi connectivity index (χ1) is 9.13. The molecule has 0 bridgehead atoms. The number of anilines is 1. The lowest BCUT2D eigenvalue weighted by molar-refractivity contribution is 1.25. The maximum atomic E-state index is 5.69. The zero-order chi connectivity index (χ0) is 13.4. The van der Waals surface area contributed by atoms with Gasteiger partial charge in [0.25, 0.3) is 0 Å². The Morgan fingerprint density at radius 3 is 2.63 bits per heavy atom. The van der Waals surface area contributed by atoms with Crippen LogP contribution in [0, 0.1) is 13.8 Å². The summed E-state index contributed by atoms with van der Waals surface area (Å²) in [5.41, 5.74) is 11.1. The number of fused-ring (bicyclic) bond motifs is 1. The van der Waals surface area contributed by atoms with Gasteiger partial charge in [0.05, 0.1) is 5.52 Å². The molecule has 0 aliphatic heterocycles. The molecule has 0 atom stereocenters. The van der Waals surface area contributed by atoms with Crippen molar-refractivity contribution in [2.45, 2.75) is 13.8 Å². The molecule has 94 valence electrons. The summed E-state index contributed by atoms with van der Waals surface area (Å²) >= 11 is 0. The molecule has 0 aliphatic rings. The van der Waals surface area contributed by atoms with Crippen LogP contribution in [0.4, 0.5) is 5.82 Å². The van der Waals surface area contributed by atoms with Gasteiger partial charge in [-0.25, -0.2) is 4.98 Å². The predicted molar refractivity (Wildman–Crippen MR) is 78.9 cm³/mol. The first-order valence-electron chi connectivity index (χ1n) is 6.23. The SMILES string of the molecule is Cc1ccc2cc(-c3cnc(N)cc3C)ccc2n1. The van der Waals surface area contributed by atoms with Crippen LogP contribution < -0.4 is 5.73 Å². The van der Waals surface area contributed by atoms with Crippen LogP contribution in [0.15, 0.2) is 42.6 Å². The zero-order valence-electron chi connectivity index (χ0n) is 11.0. The minimum absolute atomic E-state index is 0.555. The van der Waals surface area contributed by atoms with Crippen molar-refractivity contribution in [1.82, 2.24) is 9.97 Å². The van der Waals surface area contributed by atoms with Crippen LogP contribution >= 0.6 is 0 Å². The number of rotatable bonds is 1. The summed E-state index contributed by atoms with van der Waals surface area (Å²) in [6.07, 6.45) is 1.83. The molecule has 1 aromatic carbocycles. The molecule has 3 heteroatoms. The molecule has 3 nitrogen and oxygen atoms in total. The van der Waals surface area contributed by atoms with Crippen LogP contribution in [0.3, 0.4) is 0 Å². The zero-order valence-corrected chi connectivity index (χ0v) is 11.0. The van der Waals surface area contributed by atoms with Gasteiger partial charge >= 0.3 is 0 Å². The van der Waals surface area contributed by atoms with E-state index in [0.717, 1.165) is 33.3 Å². The van der Waals surface area contributed by atoms with Crippen LogP contribution in [-0.4, -0.2) is 9.97 Å². The lowest BCUT2D eigenvalue weighted by Gasteiger charge is -2.07. The number of nitrogen functional groups attached to an aromatic ring is 1. The second-order valence-electron chi connectivity index (χ2n) is 4.78. The average Bonchev–Trinajstić information content (AvgIpc) is 2.38. The van der Waals surface area contributed by atoms with E-state index in [2.05, 4.69) is 28.2 Å². The molecule has 0 fully saturated rings. The number of hydrogen-bond acceptors (Lipinski definition) is 3. The second-order valence-corrected chi connectivity index (χ2v) is 4.78. The number of pyridine rings is 2. The van der Waals surface area contributed by atoms with Crippen LogP contribution in [0.1, 0.15) is 11.3 Å². The third-order valence-corrected chi connectivity index (χ3v) is 3.27. The van der Waals surface area contributed by atoms with Crippen molar-refractivity contribution in [2.24, 2.45) is 0 Å². The Labute approximate surface area is 112 Å². The molecular formula is C16H15N3. The van der Waals surface area contributed by atoms with Crippen LogP contribution in [0.25, 0.3) is 22.0 Å². The fourth-order valence-electron chi connectivity index (χ4n) is 2.27. The van der Waals surface area contributed by atoms with E-state index in [1.165, 1.54) is 0 Å². The number of benzene rings is 1. The molecule has 3 rings (SSSR count). The van der Waals surface area contributed by atoms with Crippen molar-refractivity contribution in [3.8, 4) is 11.1 Å². The van der Waals surface area contributed by atoms with E-state index < -0.39 is 0 Å². The highest BCUT2D eigenvalue weighted by atomic mass is 14.8.